The molecule has 86 valence electrons. The third-order valence-corrected chi connectivity index (χ3v) is 2.31. The molecule has 1 amide bonds. The van der Waals surface area contributed by atoms with Gasteiger partial charge in [-0.2, -0.15) is 0 Å². The fourth-order valence-electron chi connectivity index (χ4n) is 0.990. The molecule has 0 aliphatic carbocycles. The Labute approximate surface area is 103 Å². The highest BCUT2D eigenvalue weighted by Crippen LogP contribution is 2.29. The molecule has 0 spiro atoms. The van der Waals surface area contributed by atoms with E-state index in [1.54, 1.807) is 0 Å². The maximum absolute atomic E-state index is 10.9. The number of phenols is 1. The van der Waals surface area contributed by atoms with Crippen LogP contribution < -0.4 is 5.32 Å². The summed E-state index contributed by atoms with van der Waals surface area (Å²) in [4.78, 5) is 14.7. The van der Waals surface area contributed by atoms with Gasteiger partial charge in [-0.15, -0.1) is 0 Å². The summed E-state index contributed by atoms with van der Waals surface area (Å²) in [5.74, 6) is -0.324. The van der Waals surface area contributed by atoms with Gasteiger partial charge < -0.3 is 10.4 Å². The average Bonchev–Trinajstić information content (AvgIpc) is 2.24. The van der Waals surface area contributed by atoms with E-state index in [4.69, 9.17) is 23.2 Å². The first-order chi connectivity index (χ1) is 7.54. The first-order valence-corrected chi connectivity index (χ1v) is 5.18. The number of phenolic OH excluding ortho intramolecular Hbond substituents is 1. The molecule has 0 bridgehead atoms. The Hall–Kier alpha value is -1.26. The van der Waals surface area contributed by atoms with Crippen LogP contribution in [0.1, 0.15) is 5.56 Å². The van der Waals surface area contributed by atoms with Gasteiger partial charge in [-0.1, -0.05) is 23.2 Å². The van der Waals surface area contributed by atoms with Crippen molar-refractivity contribution in [3.63, 3.8) is 0 Å². The monoisotopic (exact) mass is 260 g/mol. The van der Waals surface area contributed by atoms with Gasteiger partial charge in [0.25, 0.3) is 0 Å². The number of aromatic hydroxyl groups is 1. The van der Waals surface area contributed by atoms with Crippen LogP contribution in [-0.2, 0) is 4.79 Å². The van der Waals surface area contributed by atoms with E-state index < -0.39 is 0 Å². The molecule has 0 atom stereocenters. The van der Waals surface area contributed by atoms with E-state index in [9.17, 15) is 9.90 Å². The zero-order valence-electron chi connectivity index (χ0n) is 8.50. The molecule has 4 nitrogen and oxygen atoms in total. The minimum absolute atomic E-state index is 0.0138. The number of nitrogens with zero attached hydrogens (tertiary/aromatic N) is 1. The summed E-state index contributed by atoms with van der Waals surface area (Å²) in [5, 5.41) is 12.5. The highest BCUT2D eigenvalue weighted by Gasteiger charge is 2.05. The molecule has 0 aliphatic heterocycles. The van der Waals surface area contributed by atoms with Crippen molar-refractivity contribution in [1.82, 2.24) is 5.32 Å². The number of hydrogen-bond donors (Lipinski definition) is 2. The second-order valence-electron chi connectivity index (χ2n) is 2.97. The lowest BCUT2D eigenvalue weighted by Crippen LogP contribution is -2.20. The van der Waals surface area contributed by atoms with Crippen molar-refractivity contribution in [2.75, 3.05) is 13.6 Å². The fourth-order valence-corrected chi connectivity index (χ4v) is 1.50. The molecule has 2 N–H and O–H groups in total. The number of carbonyl (C=O) groups excluding carboxylic acids is 1. The Morgan fingerprint density at radius 1 is 1.56 bits per heavy atom. The topological polar surface area (TPSA) is 61.7 Å². The number of amides is 1. The molecule has 0 heterocycles. The quantitative estimate of drug-likeness (QED) is 0.816. The van der Waals surface area contributed by atoms with E-state index in [1.807, 2.05) is 0 Å². The van der Waals surface area contributed by atoms with Crippen molar-refractivity contribution in [2.45, 2.75) is 0 Å². The summed E-state index contributed by atoms with van der Waals surface area (Å²) in [7, 11) is 1.52. The van der Waals surface area contributed by atoms with Crippen LogP contribution in [0.4, 0.5) is 0 Å². The van der Waals surface area contributed by atoms with Gasteiger partial charge in [0.05, 0.1) is 5.02 Å². The molecule has 6 heteroatoms. The second kappa shape index (κ2) is 5.72. The zero-order chi connectivity index (χ0) is 12.1. The van der Waals surface area contributed by atoms with Crippen molar-refractivity contribution in [3.8, 4) is 5.75 Å². The zero-order valence-corrected chi connectivity index (χ0v) is 10.0. The van der Waals surface area contributed by atoms with E-state index in [0.29, 0.717) is 10.6 Å². The first-order valence-electron chi connectivity index (χ1n) is 4.43. The number of benzene rings is 1. The highest BCUT2D eigenvalue weighted by molar-refractivity contribution is 6.36. The highest BCUT2D eigenvalue weighted by atomic mass is 35.5. The molecule has 0 fully saturated rings. The van der Waals surface area contributed by atoms with E-state index in [-0.39, 0.29) is 23.2 Å². The molecule has 0 saturated heterocycles. The van der Waals surface area contributed by atoms with Crippen molar-refractivity contribution in [2.24, 2.45) is 4.99 Å². The Bertz CT molecular complexity index is 433. The number of halogens is 2. The lowest BCUT2D eigenvalue weighted by Gasteiger charge is -2.02. The van der Waals surface area contributed by atoms with Crippen LogP contribution >= 0.6 is 23.2 Å². The minimum Gasteiger partial charge on any atom is -0.506 e. The predicted octanol–water partition coefficient (Wildman–Crippen LogP) is 1.86. The number of carbonyl (C=O) groups is 1. The summed E-state index contributed by atoms with van der Waals surface area (Å²) < 4.78 is 0. The largest absolute Gasteiger partial charge is 0.506 e. The Kier molecular flexibility index (Phi) is 4.58. The molecule has 16 heavy (non-hydrogen) atoms. The van der Waals surface area contributed by atoms with Crippen LogP contribution in [0.2, 0.25) is 10.0 Å². The molecule has 1 aromatic carbocycles. The molecule has 0 unspecified atom stereocenters. The standard InChI is InChI=1S/C10H10Cl2N2O2/c1-13-9(15)5-14-4-6-2-7(11)3-8(12)10(6)16/h2-4,16H,5H2,1H3,(H,13,15). The van der Waals surface area contributed by atoms with E-state index >= 15 is 0 Å². The van der Waals surface area contributed by atoms with Gasteiger partial charge in [-0.05, 0) is 12.1 Å². The van der Waals surface area contributed by atoms with Crippen molar-refractivity contribution < 1.29 is 9.90 Å². The summed E-state index contributed by atoms with van der Waals surface area (Å²) in [6.45, 7) is -0.0138. The summed E-state index contributed by atoms with van der Waals surface area (Å²) in [5.41, 5.74) is 0.376. The average molecular weight is 261 g/mol. The lowest BCUT2D eigenvalue weighted by molar-refractivity contribution is -0.119. The van der Waals surface area contributed by atoms with Gasteiger partial charge in [0.15, 0.2) is 0 Å². The Morgan fingerprint density at radius 3 is 2.88 bits per heavy atom. The third kappa shape index (κ3) is 3.40. The first kappa shape index (κ1) is 12.8. The molecule has 1 rings (SSSR count). The van der Waals surface area contributed by atoms with E-state index in [0.717, 1.165) is 0 Å². The number of aliphatic imine (C=N–C) groups is 1. The summed E-state index contributed by atoms with van der Waals surface area (Å²) in [6.07, 6.45) is 1.35. The molecular formula is C10H10Cl2N2O2. The van der Waals surface area contributed by atoms with Gasteiger partial charge >= 0.3 is 0 Å². The van der Waals surface area contributed by atoms with Crippen molar-refractivity contribution >= 4 is 35.3 Å². The maximum Gasteiger partial charge on any atom is 0.241 e. The Morgan fingerprint density at radius 2 is 2.25 bits per heavy atom. The van der Waals surface area contributed by atoms with Crippen molar-refractivity contribution in [1.29, 1.82) is 0 Å². The van der Waals surface area contributed by atoms with Gasteiger partial charge in [-0.3, -0.25) is 9.79 Å². The molecular weight excluding hydrogens is 251 g/mol. The number of likely N-dealkylation sites (N-methyl/N-ethyl adjacent to an activating group) is 1. The number of nitrogens with one attached hydrogen (secondary N) is 1. The fraction of sp³-hybridized carbons (Fsp3) is 0.200. The SMILES string of the molecule is CNC(=O)CN=Cc1cc(Cl)cc(Cl)c1O. The van der Waals surface area contributed by atoms with Gasteiger partial charge in [0.1, 0.15) is 12.3 Å². The lowest BCUT2D eigenvalue weighted by atomic mass is 10.2. The minimum atomic E-state index is -0.219. The summed E-state index contributed by atoms with van der Waals surface area (Å²) in [6, 6.07) is 2.94. The molecule has 0 radical (unpaired) electrons. The normalized spacial score (nSPS) is 10.7. The third-order valence-electron chi connectivity index (χ3n) is 1.80. The number of hydrogen-bond acceptors (Lipinski definition) is 3. The van der Waals surface area contributed by atoms with Crippen LogP contribution in [0.25, 0.3) is 0 Å². The van der Waals surface area contributed by atoms with Gasteiger partial charge in [-0.25, -0.2) is 0 Å². The number of rotatable bonds is 3. The van der Waals surface area contributed by atoms with Crippen LogP contribution in [-0.4, -0.2) is 30.8 Å². The molecule has 1 aromatic rings. The smallest absolute Gasteiger partial charge is 0.241 e. The van der Waals surface area contributed by atoms with Crippen LogP contribution in [0.5, 0.6) is 5.75 Å². The van der Waals surface area contributed by atoms with Gasteiger partial charge in [0.2, 0.25) is 5.91 Å². The van der Waals surface area contributed by atoms with Crippen LogP contribution in [0.15, 0.2) is 17.1 Å². The second-order valence-corrected chi connectivity index (χ2v) is 3.81. The molecule has 0 saturated carbocycles. The van der Waals surface area contributed by atoms with E-state index in [1.165, 1.54) is 25.4 Å². The summed E-state index contributed by atoms with van der Waals surface area (Å²) >= 11 is 11.5. The Balaban J connectivity index is 2.85. The predicted molar refractivity (Wildman–Crippen MR) is 64.7 cm³/mol. The van der Waals surface area contributed by atoms with E-state index in [2.05, 4.69) is 10.3 Å². The van der Waals surface area contributed by atoms with Gasteiger partial charge in [0, 0.05) is 23.8 Å². The molecule has 0 aromatic heterocycles. The van der Waals surface area contributed by atoms with Crippen molar-refractivity contribution in [3.05, 3.63) is 27.7 Å². The molecule has 0 aliphatic rings. The maximum atomic E-state index is 10.9. The van der Waals surface area contributed by atoms with Crippen LogP contribution in [0, 0.1) is 0 Å². The van der Waals surface area contributed by atoms with Crippen LogP contribution in [0.3, 0.4) is 0 Å².